The molecule has 142 valence electrons. The Morgan fingerprint density at radius 1 is 1.29 bits per heavy atom. The first-order chi connectivity index (χ1) is 11.5. The van der Waals surface area contributed by atoms with Crippen LogP contribution >= 0.6 is 0 Å². The van der Waals surface area contributed by atoms with E-state index >= 15 is 0 Å². The molecule has 0 amide bonds. The summed E-state index contributed by atoms with van der Waals surface area (Å²) in [4.78, 5) is 7.20. The summed E-state index contributed by atoms with van der Waals surface area (Å²) in [7, 11) is 0. The van der Waals surface area contributed by atoms with E-state index in [0.717, 1.165) is 58.4 Å². The number of morpholine rings is 1. The van der Waals surface area contributed by atoms with Crippen molar-refractivity contribution < 1.29 is 9.47 Å². The van der Waals surface area contributed by atoms with Gasteiger partial charge in [-0.2, -0.15) is 0 Å². The zero-order chi connectivity index (χ0) is 17.8. The highest BCUT2D eigenvalue weighted by Crippen LogP contribution is 2.10. The van der Waals surface area contributed by atoms with Crippen LogP contribution in [0.4, 0.5) is 0 Å². The average Bonchev–Trinajstić information content (AvgIpc) is 2.55. The van der Waals surface area contributed by atoms with Gasteiger partial charge < -0.3 is 20.1 Å². The summed E-state index contributed by atoms with van der Waals surface area (Å²) in [5.74, 6) is 1.57. The van der Waals surface area contributed by atoms with Crippen LogP contribution in [0.15, 0.2) is 4.99 Å². The van der Waals surface area contributed by atoms with Crippen molar-refractivity contribution >= 4 is 5.96 Å². The molecule has 1 rings (SSSR count). The lowest BCUT2D eigenvalue weighted by atomic mass is 10.1. The van der Waals surface area contributed by atoms with E-state index in [4.69, 9.17) is 14.5 Å². The van der Waals surface area contributed by atoms with Crippen molar-refractivity contribution in [3.63, 3.8) is 0 Å². The van der Waals surface area contributed by atoms with E-state index in [9.17, 15) is 0 Å². The summed E-state index contributed by atoms with van der Waals surface area (Å²) in [6.07, 6.45) is 1.11. The summed E-state index contributed by atoms with van der Waals surface area (Å²) < 4.78 is 11.2. The van der Waals surface area contributed by atoms with Crippen LogP contribution in [-0.2, 0) is 9.47 Å². The van der Waals surface area contributed by atoms with Gasteiger partial charge in [-0.25, -0.2) is 0 Å². The molecule has 0 aliphatic carbocycles. The highest BCUT2D eigenvalue weighted by Gasteiger charge is 2.23. The Balaban J connectivity index is 2.30. The molecular weight excluding hydrogens is 304 g/mol. The van der Waals surface area contributed by atoms with Gasteiger partial charge in [-0.1, -0.05) is 13.8 Å². The van der Waals surface area contributed by atoms with Crippen LogP contribution in [-0.4, -0.2) is 75.5 Å². The van der Waals surface area contributed by atoms with Gasteiger partial charge in [0.05, 0.1) is 26.4 Å². The minimum absolute atomic E-state index is 0.418. The molecule has 1 saturated heterocycles. The first-order valence-electron chi connectivity index (χ1n) is 9.48. The number of aliphatic imine (C=N–C) groups is 1. The van der Waals surface area contributed by atoms with Gasteiger partial charge in [0.25, 0.3) is 0 Å². The van der Waals surface area contributed by atoms with Crippen molar-refractivity contribution in [2.45, 2.75) is 53.1 Å². The third-order valence-corrected chi connectivity index (χ3v) is 4.22. The molecule has 6 heteroatoms. The van der Waals surface area contributed by atoms with E-state index in [1.165, 1.54) is 0 Å². The molecule has 2 atom stereocenters. The fraction of sp³-hybridized carbons (Fsp3) is 0.944. The Kier molecular flexibility index (Phi) is 11.0. The Hall–Kier alpha value is -0.850. The minimum Gasteiger partial charge on any atom is -0.380 e. The molecule has 6 nitrogen and oxygen atoms in total. The molecule has 0 radical (unpaired) electrons. The predicted molar refractivity (Wildman–Crippen MR) is 101 cm³/mol. The Morgan fingerprint density at radius 2 is 2.08 bits per heavy atom. The summed E-state index contributed by atoms with van der Waals surface area (Å²) in [6, 6.07) is 0.885. The van der Waals surface area contributed by atoms with Gasteiger partial charge in [0.15, 0.2) is 5.96 Å². The number of nitrogens with one attached hydrogen (secondary N) is 2. The summed E-state index contributed by atoms with van der Waals surface area (Å²) in [5, 5.41) is 6.65. The Bertz CT molecular complexity index is 350. The highest BCUT2D eigenvalue weighted by atomic mass is 16.5. The SMILES string of the molecule is CCNC(=NCC(C)N1CCOCC1C)NCCOCCC(C)C. The van der Waals surface area contributed by atoms with Gasteiger partial charge in [-0.3, -0.25) is 9.89 Å². The summed E-state index contributed by atoms with van der Waals surface area (Å²) >= 11 is 0. The van der Waals surface area contributed by atoms with Crippen molar-refractivity contribution in [2.75, 3.05) is 52.6 Å². The third kappa shape index (κ3) is 8.85. The van der Waals surface area contributed by atoms with E-state index in [0.29, 0.717) is 24.6 Å². The van der Waals surface area contributed by atoms with Gasteiger partial charge in [-0.15, -0.1) is 0 Å². The molecule has 2 N–H and O–H groups in total. The van der Waals surface area contributed by atoms with Gasteiger partial charge in [0, 0.05) is 38.3 Å². The largest absolute Gasteiger partial charge is 0.380 e. The number of hydrogen-bond donors (Lipinski definition) is 2. The van der Waals surface area contributed by atoms with Gasteiger partial charge in [0.2, 0.25) is 0 Å². The van der Waals surface area contributed by atoms with Crippen molar-refractivity contribution in [1.82, 2.24) is 15.5 Å². The van der Waals surface area contributed by atoms with Crippen molar-refractivity contribution in [3.8, 4) is 0 Å². The number of nitrogens with zero attached hydrogens (tertiary/aromatic N) is 2. The molecule has 0 aromatic rings. The van der Waals surface area contributed by atoms with Gasteiger partial charge in [0.1, 0.15) is 0 Å². The van der Waals surface area contributed by atoms with Gasteiger partial charge in [-0.05, 0) is 33.1 Å². The lowest BCUT2D eigenvalue weighted by molar-refractivity contribution is -0.0165. The first-order valence-corrected chi connectivity index (χ1v) is 9.48. The van der Waals surface area contributed by atoms with E-state index in [2.05, 4.69) is 50.2 Å². The molecule has 0 saturated carbocycles. The maximum Gasteiger partial charge on any atom is 0.191 e. The lowest BCUT2D eigenvalue weighted by Gasteiger charge is -2.37. The number of hydrogen-bond acceptors (Lipinski definition) is 4. The van der Waals surface area contributed by atoms with Crippen LogP contribution in [0.3, 0.4) is 0 Å². The van der Waals surface area contributed by atoms with Crippen LogP contribution in [0, 0.1) is 5.92 Å². The average molecular weight is 343 g/mol. The first kappa shape index (κ1) is 21.2. The predicted octanol–water partition coefficient (Wildman–Crippen LogP) is 1.71. The molecule has 1 fully saturated rings. The van der Waals surface area contributed by atoms with E-state index < -0.39 is 0 Å². The maximum absolute atomic E-state index is 5.64. The third-order valence-electron chi connectivity index (χ3n) is 4.22. The molecule has 1 aliphatic heterocycles. The van der Waals surface area contributed by atoms with E-state index in [-0.39, 0.29) is 0 Å². The molecule has 0 aromatic heterocycles. The standard InChI is InChI=1S/C18H38N4O2/c1-6-19-18(20-8-11-23-10-7-15(2)3)21-13-16(4)22-9-12-24-14-17(22)5/h15-17H,6-14H2,1-5H3,(H2,19,20,21). The van der Waals surface area contributed by atoms with Crippen LogP contribution in [0.5, 0.6) is 0 Å². The van der Waals surface area contributed by atoms with Crippen molar-refractivity contribution in [2.24, 2.45) is 10.9 Å². The number of ether oxygens (including phenoxy) is 2. The normalized spacial score (nSPS) is 21.1. The van der Waals surface area contributed by atoms with Crippen LogP contribution < -0.4 is 10.6 Å². The minimum atomic E-state index is 0.418. The van der Waals surface area contributed by atoms with Gasteiger partial charge >= 0.3 is 0 Å². The fourth-order valence-electron chi connectivity index (χ4n) is 2.73. The molecular formula is C18H38N4O2. The second-order valence-corrected chi connectivity index (χ2v) is 6.95. The second-order valence-electron chi connectivity index (χ2n) is 6.95. The highest BCUT2D eigenvalue weighted by molar-refractivity contribution is 5.79. The van der Waals surface area contributed by atoms with Crippen LogP contribution in [0.2, 0.25) is 0 Å². The van der Waals surface area contributed by atoms with Crippen LogP contribution in [0.25, 0.3) is 0 Å². The van der Waals surface area contributed by atoms with E-state index in [1.807, 2.05) is 0 Å². The van der Waals surface area contributed by atoms with E-state index in [1.54, 1.807) is 0 Å². The molecule has 0 aromatic carbocycles. The molecule has 1 heterocycles. The summed E-state index contributed by atoms with van der Waals surface area (Å²) in [5.41, 5.74) is 0. The van der Waals surface area contributed by atoms with Crippen molar-refractivity contribution in [3.05, 3.63) is 0 Å². The molecule has 1 aliphatic rings. The second kappa shape index (κ2) is 12.5. The van der Waals surface area contributed by atoms with Crippen molar-refractivity contribution in [1.29, 1.82) is 0 Å². The topological polar surface area (TPSA) is 58.1 Å². The molecule has 2 unspecified atom stereocenters. The maximum atomic E-state index is 5.64. The molecule has 0 spiro atoms. The Morgan fingerprint density at radius 3 is 2.75 bits per heavy atom. The smallest absolute Gasteiger partial charge is 0.191 e. The summed E-state index contributed by atoms with van der Waals surface area (Å²) in [6.45, 7) is 17.6. The number of guanidine groups is 1. The Labute approximate surface area is 148 Å². The lowest BCUT2D eigenvalue weighted by Crippen LogP contribution is -2.49. The van der Waals surface area contributed by atoms with Crippen LogP contribution in [0.1, 0.15) is 41.0 Å². The fourth-order valence-corrected chi connectivity index (χ4v) is 2.73. The zero-order valence-electron chi connectivity index (χ0n) is 16.3. The number of rotatable bonds is 10. The zero-order valence-corrected chi connectivity index (χ0v) is 16.3. The molecule has 0 bridgehead atoms. The molecule has 24 heavy (non-hydrogen) atoms. The monoisotopic (exact) mass is 342 g/mol. The quantitative estimate of drug-likeness (QED) is 0.360.